The Labute approximate surface area is 158 Å². The fourth-order valence-corrected chi connectivity index (χ4v) is 2.68. The highest BCUT2D eigenvalue weighted by atomic mass is 127. The predicted octanol–water partition coefficient (Wildman–Crippen LogP) is 2.51. The van der Waals surface area contributed by atoms with E-state index in [1.165, 1.54) is 12.8 Å². The lowest BCUT2D eigenvalue weighted by Gasteiger charge is -2.30. The molecule has 0 aliphatic carbocycles. The van der Waals surface area contributed by atoms with E-state index in [-0.39, 0.29) is 24.0 Å². The first kappa shape index (κ1) is 22.1. The first-order chi connectivity index (χ1) is 10.6. The Morgan fingerprint density at radius 3 is 2.52 bits per heavy atom. The molecule has 0 aliphatic heterocycles. The molecule has 1 unspecified atom stereocenters. The van der Waals surface area contributed by atoms with Crippen molar-refractivity contribution in [1.29, 1.82) is 0 Å². The molecule has 0 aliphatic rings. The monoisotopic (exact) mass is 433 g/mol. The lowest BCUT2D eigenvalue weighted by molar-refractivity contribution is 0.206. The summed E-state index contributed by atoms with van der Waals surface area (Å²) in [5.41, 5.74) is 7.03. The maximum Gasteiger partial charge on any atom is 0.188 e. The van der Waals surface area contributed by atoms with E-state index in [4.69, 9.17) is 5.73 Å². The van der Waals surface area contributed by atoms with Crippen LogP contribution < -0.4 is 11.1 Å². The average Bonchev–Trinajstić information content (AvgIpc) is 2.52. The van der Waals surface area contributed by atoms with E-state index < -0.39 is 0 Å². The van der Waals surface area contributed by atoms with Crippen molar-refractivity contribution in [3.63, 3.8) is 0 Å². The minimum absolute atomic E-state index is 0. The second-order valence-corrected chi connectivity index (χ2v) is 5.83. The second-order valence-electron chi connectivity index (χ2n) is 5.83. The van der Waals surface area contributed by atoms with Gasteiger partial charge < -0.3 is 16.0 Å². The van der Waals surface area contributed by atoms with Crippen molar-refractivity contribution in [2.75, 3.05) is 27.2 Å². The van der Waals surface area contributed by atoms with E-state index in [1.807, 2.05) is 24.4 Å². The smallest absolute Gasteiger partial charge is 0.188 e. The maximum absolute atomic E-state index is 5.97. The summed E-state index contributed by atoms with van der Waals surface area (Å²) in [5.74, 6) is 1.17. The standard InChI is InChI=1S/C17H31N5.HI/c1-5-14(6-2)16(22(3)4)13-21-17(18)20-12-10-15-9-7-8-11-19-15;/h7-9,11,14,16H,5-6,10,12-13H2,1-4H3,(H3,18,20,21);1H. The number of hydrogen-bond donors (Lipinski definition) is 2. The van der Waals surface area contributed by atoms with Gasteiger partial charge in [-0.1, -0.05) is 32.8 Å². The Morgan fingerprint density at radius 1 is 1.30 bits per heavy atom. The zero-order chi connectivity index (χ0) is 16.4. The van der Waals surface area contributed by atoms with E-state index in [9.17, 15) is 0 Å². The van der Waals surface area contributed by atoms with Gasteiger partial charge in [-0.15, -0.1) is 24.0 Å². The van der Waals surface area contributed by atoms with Gasteiger partial charge in [0.05, 0.1) is 6.54 Å². The van der Waals surface area contributed by atoms with Crippen molar-refractivity contribution in [2.45, 2.75) is 39.2 Å². The van der Waals surface area contributed by atoms with Crippen LogP contribution in [-0.2, 0) is 6.42 Å². The van der Waals surface area contributed by atoms with Crippen LogP contribution in [0.5, 0.6) is 0 Å². The fourth-order valence-electron chi connectivity index (χ4n) is 2.68. The molecule has 1 heterocycles. The van der Waals surface area contributed by atoms with Crippen molar-refractivity contribution >= 4 is 29.9 Å². The van der Waals surface area contributed by atoms with Gasteiger partial charge in [0.15, 0.2) is 5.96 Å². The first-order valence-corrected chi connectivity index (χ1v) is 8.18. The van der Waals surface area contributed by atoms with Gasteiger partial charge in [0.1, 0.15) is 0 Å². The van der Waals surface area contributed by atoms with Crippen molar-refractivity contribution in [2.24, 2.45) is 16.6 Å². The Balaban J connectivity index is 0.00000484. The highest BCUT2D eigenvalue weighted by Crippen LogP contribution is 2.17. The van der Waals surface area contributed by atoms with Gasteiger partial charge in [0.25, 0.3) is 0 Å². The third-order valence-corrected chi connectivity index (χ3v) is 4.12. The van der Waals surface area contributed by atoms with Crippen LogP contribution in [0.3, 0.4) is 0 Å². The molecule has 0 aromatic carbocycles. The van der Waals surface area contributed by atoms with Gasteiger partial charge >= 0.3 is 0 Å². The van der Waals surface area contributed by atoms with Crippen molar-refractivity contribution < 1.29 is 0 Å². The van der Waals surface area contributed by atoms with Crippen LogP contribution >= 0.6 is 24.0 Å². The number of aliphatic imine (C=N–C) groups is 1. The van der Waals surface area contributed by atoms with Gasteiger partial charge in [0, 0.05) is 30.9 Å². The molecule has 0 saturated heterocycles. The summed E-state index contributed by atoms with van der Waals surface area (Å²) < 4.78 is 0. The number of aromatic nitrogens is 1. The highest BCUT2D eigenvalue weighted by molar-refractivity contribution is 14.0. The van der Waals surface area contributed by atoms with E-state index >= 15 is 0 Å². The number of nitrogens with two attached hydrogens (primary N) is 1. The van der Waals surface area contributed by atoms with Crippen LogP contribution in [0.1, 0.15) is 32.4 Å². The van der Waals surface area contributed by atoms with Gasteiger partial charge in [-0.3, -0.25) is 9.98 Å². The molecule has 132 valence electrons. The Bertz CT molecular complexity index is 432. The maximum atomic E-state index is 5.97. The largest absolute Gasteiger partial charge is 0.370 e. The number of rotatable bonds is 9. The van der Waals surface area contributed by atoms with Gasteiger partial charge in [0.2, 0.25) is 0 Å². The Hall–Kier alpha value is -0.890. The molecule has 0 radical (unpaired) electrons. The second kappa shape index (κ2) is 12.5. The third kappa shape index (κ3) is 8.50. The molecule has 1 aromatic rings. The summed E-state index contributed by atoms with van der Waals surface area (Å²) in [4.78, 5) is 11.1. The molecule has 6 heteroatoms. The van der Waals surface area contributed by atoms with Gasteiger partial charge in [-0.2, -0.15) is 0 Å². The predicted molar refractivity (Wildman–Crippen MR) is 109 cm³/mol. The summed E-state index contributed by atoms with van der Waals surface area (Å²) >= 11 is 0. The van der Waals surface area contributed by atoms with Crippen molar-refractivity contribution in [3.8, 4) is 0 Å². The lowest BCUT2D eigenvalue weighted by Crippen LogP contribution is -2.40. The lowest BCUT2D eigenvalue weighted by atomic mass is 9.93. The van der Waals surface area contributed by atoms with Crippen LogP contribution in [-0.4, -0.2) is 49.1 Å². The zero-order valence-corrected chi connectivity index (χ0v) is 17.2. The van der Waals surface area contributed by atoms with Crippen molar-refractivity contribution in [3.05, 3.63) is 30.1 Å². The number of pyridine rings is 1. The topological polar surface area (TPSA) is 66.5 Å². The molecule has 0 saturated carbocycles. The summed E-state index contributed by atoms with van der Waals surface area (Å²) in [6, 6.07) is 6.37. The summed E-state index contributed by atoms with van der Waals surface area (Å²) in [7, 11) is 4.23. The molecule has 0 fully saturated rings. The third-order valence-electron chi connectivity index (χ3n) is 4.12. The first-order valence-electron chi connectivity index (χ1n) is 8.18. The summed E-state index contributed by atoms with van der Waals surface area (Å²) in [5, 5.41) is 3.17. The van der Waals surface area contributed by atoms with Crippen LogP contribution in [0.25, 0.3) is 0 Å². The minimum Gasteiger partial charge on any atom is -0.370 e. The minimum atomic E-state index is 0. The summed E-state index contributed by atoms with van der Waals surface area (Å²) in [6.45, 7) is 5.97. The average molecular weight is 433 g/mol. The molecular formula is C17H32IN5. The Morgan fingerprint density at radius 2 is 2.00 bits per heavy atom. The molecule has 0 spiro atoms. The van der Waals surface area contributed by atoms with Crippen molar-refractivity contribution in [1.82, 2.24) is 15.2 Å². The SMILES string of the molecule is CCC(CC)C(CN=C(N)NCCc1ccccn1)N(C)C.I. The highest BCUT2D eigenvalue weighted by Gasteiger charge is 2.20. The molecule has 0 bridgehead atoms. The molecule has 0 amide bonds. The Kier molecular flexibility index (Phi) is 12.0. The number of likely N-dealkylation sites (N-methyl/N-ethyl adjacent to an activating group) is 1. The van der Waals surface area contributed by atoms with E-state index in [0.29, 0.717) is 17.9 Å². The molecular weight excluding hydrogens is 401 g/mol. The number of hydrogen-bond acceptors (Lipinski definition) is 3. The van der Waals surface area contributed by atoms with E-state index in [2.05, 4.69) is 48.1 Å². The molecule has 3 N–H and O–H groups in total. The summed E-state index contributed by atoms with van der Waals surface area (Å²) in [6.07, 6.45) is 4.99. The fraction of sp³-hybridized carbons (Fsp3) is 0.647. The molecule has 1 rings (SSSR count). The van der Waals surface area contributed by atoms with Crippen LogP contribution in [0, 0.1) is 5.92 Å². The van der Waals surface area contributed by atoms with E-state index in [0.717, 1.165) is 25.2 Å². The number of halogens is 1. The van der Waals surface area contributed by atoms with Crippen LogP contribution in [0.4, 0.5) is 0 Å². The number of guanidine groups is 1. The zero-order valence-electron chi connectivity index (χ0n) is 14.8. The molecule has 1 aromatic heterocycles. The van der Waals surface area contributed by atoms with Crippen LogP contribution in [0.2, 0.25) is 0 Å². The van der Waals surface area contributed by atoms with E-state index in [1.54, 1.807) is 0 Å². The molecule has 1 atom stereocenters. The number of nitrogens with zero attached hydrogens (tertiary/aromatic N) is 3. The molecule has 23 heavy (non-hydrogen) atoms. The number of nitrogens with one attached hydrogen (secondary N) is 1. The van der Waals surface area contributed by atoms with Gasteiger partial charge in [-0.05, 0) is 32.1 Å². The quantitative estimate of drug-likeness (QED) is 0.357. The van der Waals surface area contributed by atoms with Crippen LogP contribution in [0.15, 0.2) is 29.4 Å². The normalized spacial score (nSPS) is 13.0. The molecule has 5 nitrogen and oxygen atoms in total. The van der Waals surface area contributed by atoms with Gasteiger partial charge in [-0.25, -0.2) is 0 Å².